The van der Waals surface area contributed by atoms with Crippen molar-refractivity contribution < 1.29 is 4.79 Å². The van der Waals surface area contributed by atoms with Gasteiger partial charge in [0.05, 0.1) is 0 Å². The van der Waals surface area contributed by atoms with E-state index in [2.05, 4.69) is 26.1 Å². The van der Waals surface area contributed by atoms with Gasteiger partial charge in [-0.05, 0) is 37.0 Å². The first-order valence-electron chi connectivity index (χ1n) is 6.37. The molecular weight excluding hydrogens is 232 g/mol. The Morgan fingerprint density at radius 2 is 2.00 bits per heavy atom. The number of carbonyl (C=O) groups excluding carboxylic acids is 1. The third-order valence-electron chi connectivity index (χ3n) is 3.09. The number of nitrogens with one attached hydrogen (secondary N) is 1. The molecule has 0 radical (unpaired) electrons. The lowest BCUT2D eigenvalue weighted by Crippen LogP contribution is -2.29. The van der Waals surface area contributed by atoms with Crippen molar-refractivity contribution in [3.05, 3.63) is 0 Å². The zero-order chi connectivity index (χ0) is 13.3. The average molecular weight is 260 g/mol. The molecule has 0 saturated heterocycles. The first kappa shape index (κ1) is 16.8. The molecule has 1 unspecified atom stereocenters. The largest absolute Gasteiger partial charge is 0.355 e. The van der Waals surface area contributed by atoms with Gasteiger partial charge in [0, 0.05) is 18.7 Å². The van der Waals surface area contributed by atoms with E-state index in [0.29, 0.717) is 18.9 Å². The monoisotopic (exact) mass is 260 g/mol. The Hall–Kier alpha value is -0.220. The molecule has 0 aliphatic heterocycles. The Kier molecular flexibility index (Phi) is 8.70. The number of amides is 1. The molecule has 0 spiro atoms. The van der Waals surface area contributed by atoms with Crippen LogP contribution in [-0.2, 0) is 4.79 Å². The van der Waals surface area contributed by atoms with Crippen molar-refractivity contribution in [1.29, 1.82) is 0 Å². The van der Waals surface area contributed by atoms with Gasteiger partial charge in [-0.25, -0.2) is 0 Å². The van der Waals surface area contributed by atoms with Gasteiger partial charge in [-0.1, -0.05) is 20.8 Å². The van der Waals surface area contributed by atoms with E-state index in [1.165, 1.54) is 0 Å². The summed E-state index contributed by atoms with van der Waals surface area (Å²) in [6.45, 7) is 8.14. The van der Waals surface area contributed by atoms with E-state index in [-0.39, 0.29) is 11.3 Å². The molecule has 0 aromatic heterocycles. The molecule has 0 bridgehead atoms. The number of hydrogen-bond donors (Lipinski definition) is 2. The Bertz CT molecular complexity index is 214. The predicted molar refractivity (Wildman–Crippen MR) is 77.2 cm³/mol. The van der Waals surface area contributed by atoms with Gasteiger partial charge >= 0.3 is 0 Å². The maximum absolute atomic E-state index is 11.6. The predicted octanol–water partition coefficient (Wildman–Crippen LogP) is 2.26. The van der Waals surface area contributed by atoms with Crippen LogP contribution in [-0.4, -0.2) is 31.0 Å². The molecule has 0 fully saturated rings. The zero-order valence-electron chi connectivity index (χ0n) is 11.7. The first-order chi connectivity index (χ1) is 7.91. The Balaban J connectivity index is 3.92. The third kappa shape index (κ3) is 8.50. The molecule has 0 rings (SSSR count). The highest BCUT2D eigenvalue weighted by molar-refractivity contribution is 7.98. The van der Waals surface area contributed by atoms with Gasteiger partial charge in [0.15, 0.2) is 0 Å². The second kappa shape index (κ2) is 8.81. The lowest BCUT2D eigenvalue weighted by Gasteiger charge is -2.30. The van der Waals surface area contributed by atoms with Crippen molar-refractivity contribution in [3.63, 3.8) is 0 Å². The Morgan fingerprint density at radius 1 is 1.35 bits per heavy atom. The van der Waals surface area contributed by atoms with Crippen LogP contribution >= 0.6 is 11.8 Å². The van der Waals surface area contributed by atoms with Gasteiger partial charge < -0.3 is 11.1 Å². The average Bonchev–Trinajstić information content (AvgIpc) is 2.23. The van der Waals surface area contributed by atoms with Crippen molar-refractivity contribution in [2.45, 2.75) is 40.0 Å². The fourth-order valence-corrected chi connectivity index (χ4v) is 2.20. The van der Waals surface area contributed by atoms with Crippen molar-refractivity contribution in [3.8, 4) is 0 Å². The molecular formula is C13H28N2OS. The minimum Gasteiger partial charge on any atom is -0.355 e. The lowest BCUT2D eigenvalue weighted by molar-refractivity contribution is -0.121. The highest BCUT2D eigenvalue weighted by Crippen LogP contribution is 2.31. The summed E-state index contributed by atoms with van der Waals surface area (Å²) in [6, 6.07) is 0. The van der Waals surface area contributed by atoms with Gasteiger partial charge in [0.2, 0.25) is 5.91 Å². The highest BCUT2D eigenvalue weighted by Gasteiger charge is 2.24. The molecule has 0 aliphatic carbocycles. The van der Waals surface area contributed by atoms with Crippen LogP contribution in [0.2, 0.25) is 0 Å². The smallest absolute Gasteiger partial charge is 0.220 e. The number of carbonyl (C=O) groups is 1. The van der Waals surface area contributed by atoms with E-state index in [1.54, 1.807) is 11.8 Å². The molecule has 102 valence electrons. The van der Waals surface area contributed by atoms with Gasteiger partial charge in [-0.15, -0.1) is 0 Å². The van der Waals surface area contributed by atoms with Crippen LogP contribution in [0.25, 0.3) is 0 Å². The summed E-state index contributed by atoms with van der Waals surface area (Å²) in [7, 11) is 0. The fraction of sp³-hybridized carbons (Fsp3) is 0.923. The summed E-state index contributed by atoms with van der Waals surface area (Å²) < 4.78 is 0. The Morgan fingerprint density at radius 3 is 2.47 bits per heavy atom. The van der Waals surface area contributed by atoms with Crippen LogP contribution in [0.4, 0.5) is 0 Å². The summed E-state index contributed by atoms with van der Waals surface area (Å²) >= 11 is 1.75. The van der Waals surface area contributed by atoms with E-state index in [4.69, 9.17) is 5.73 Å². The second-order valence-electron chi connectivity index (χ2n) is 5.52. The van der Waals surface area contributed by atoms with Gasteiger partial charge in [-0.2, -0.15) is 11.8 Å². The van der Waals surface area contributed by atoms with Crippen LogP contribution in [0.1, 0.15) is 40.0 Å². The summed E-state index contributed by atoms with van der Waals surface area (Å²) in [6.07, 6.45) is 4.60. The minimum atomic E-state index is 0.172. The number of nitrogens with two attached hydrogens (primary N) is 1. The van der Waals surface area contributed by atoms with E-state index < -0.39 is 0 Å². The first-order valence-corrected chi connectivity index (χ1v) is 7.77. The summed E-state index contributed by atoms with van der Waals surface area (Å²) in [4.78, 5) is 11.6. The molecule has 3 N–H and O–H groups in total. The molecule has 0 saturated carbocycles. The molecule has 0 heterocycles. The van der Waals surface area contributed by atoms with Crippen molar-refractivity contribution >= 4 is 17.7 Å². The number of rotatable bonds is 8. The van der Waals surface area contributed by atoms with Crippen LogP contribution < -0.4 is 11.1 Å². The highest BCUT2D eigenvalue weighted by atomic mass is 32.2. The maximum atomic E-state index is 11.6. The summed E-state index contributed by atoms with van der Waals surface area (Å²) in [5, 5.41) is 2.94. The number of thioether (sulfide) groups is 1. The quantitative estimate of drug-likeness (QED) is 0.658. The van der Waals surface area contributed by atoms with Crippen LogP contribution in [0.15, 0.2) is 0 Å². The van der Waals surface area contributed by atoms with E-state index in [9.17, 15) is 4.79 Å². The lowest BCUT2D eigenvalue weighted by atomic mass is 9.76. The van der Waals surface area contributed by atoms with Crippen molar-refractivity contribution in [1.82, 2.24) is 5.32 Å². The molecule has 0 aliphatic rings. The van der Waals surface area contributed by atoms with Gasteiger partial charge in [0.25, 0.3) is 0 Å². The molecule has 17 heavy (non-hydrogen) atoms. The van der Waals surface area contributed by atoms with Gasteiger partial charge in [-0.3, -0.25) is 4.79 Å². The van der Waals surface area contributed by atoms with E-state index >= 15 is 0 Å². The molecule has 1 amide bonds. The van der Waals surface area contributed by atoms with E-state index in [0.717, 1.165) is 25.1 Å². The standard InChI is InChI=1S/C13H28N2OS/c1-13(2,3)11(7-8-14)5-6-12(16)15-9-10-17-4/h11H,5-10,14H2,1-4H3,(H,15,16). The SMILES string of the molecule is CSCCNC(=O)CCC(CCN)C(C)(C)C. The minimum absolute atomic E-state index is 0.172. The summed E-state index contributed by atoms with van der Waals surface area (Å²) in [5.74, 6) is 1.68. The topological polar surface area (TPSA) is 55.1 Å². The molecule has 4 heteroatoms. The molecule has 0 aromatic carbocycles. The molecule has 1 atom stereocenters. The van der Waals surface area contributed by atoms with Crippen LogP contribution in [0.3, 0.4) is 0 Å². The third-order valence-corrected chi connectivity index (χ3v) is 3.70. The zero-order valence-corrected chi connectivity index (χ0v) is 12.5. The normalized spacial score (nSPS) is 13.5. The van der Waals surface area contributed by atoms with Crippen molar-refractivity contribution in [2.24, 2.45) is 17.1 Å². The van der Waals surface area contributed by atoms with Gasteiger partial charge in [0.1, 0.15) is 0 Å². The Labute approximate surface area is 110 Å². The molecule has 0 aromatic rings. The van der Waals surface area contributed by atoms with Crippen molar-refractivity contribution in [2.75, 3.05) is 25.1 Å². The summed E-state index contributed by atoms with van der Waals surface area (Å²) in [5.41, 5.74) is 5.86. The van der Waals surface area contributed by atoms with E-state index in [1.807, 2.05) is 6.26 Å². The maximum Gasteiger partial charge on any atom is 0.220 e. The fourth-order valence-electron chi connectivity index (χ4n) is 1.90. The number of hydrogen-bond acceptors (Lipinski definition) is 3. The molecule has 3 nitrogen and oxygen atoms in total. The van der Waals surface area contributed by atoms with Crippen LogP contribution in [0.5, 0.6) is 0 Å². The second-order valence-corrected chi connectivity index (χ2v) is 6.51. The van der Waals surface area contributed by atoms with Crippen LogP contribution in [0, 0.1) is 11.3 Å².